The fraction of sp³-hybridized carbons (Fsp3) is 0.500. The number of nitrogens with zero attached hydrogens (tertiary/aromatic N) is 4. The lowest BCUT2D eigenvalue weighted by Gasteiger charge is -2.21. The molecular weight excluding hydrogens is 344 g/mol. The smallest absolute Gasteiger partial charge is 0.269 e. The quantitative estimate of drug-likeness (QED) is 0.365. The monoisotopic (exact) mass is 366 g/mol. The van der Waals surface area contributed by atoms with Crippen LogP contribution in [0, 0.1) is 10.1 Å². The fourth-order valence-electron chi connectivity index (χ4n) is 2.21. The fourth-order valence-corrected chi connectivity index (χ4v) is 3.92. The van der Waals surface area contributed by atoms with E-state index in [-0.39, 0.29) is 5.69 Å². The van der Waals surface area contributed by atoms with E-state index in [1.165, 1.54) is 33.0 Å². The molecule has 0 N–H and O–H groups in total. The summed E-state index contributed by atoms with van der Waals surface area (Å²) < 4.78 is 5.42. The number of aromatic nitrogens is 1. The molecule has 0 aliphatic carbocycles. The van der Waals surface area contributed by atoms with E-state index in [4.69, 9.17) is 0 Å². The number of unbranched alkanes of at least 4 members (excludes halogenated alkanes) is 2. The third-order valence-electron chi connectivity index (χ3n) is 3.59. The van der Waals surface area contributed by atoms with Crippen molar-refractivity contribution in [3.05, 3.63) is 39.1 Å². The van der Waals surface area contributed by atoms with Crippen LogP contribution in [-0.4, -0.2) is 22.4 Å². The van der Waals surface area contributed by atoms with Crippen molar-refractivity contribution < 1.29 is 4.92 Å². The summed E-state index contributed by atoms with van der Waals surface area (Å²) in [6.07, 6.45) is 4.54. The SMILES string of the molecule is CCCCN(CCCC)c1nssc1=Nc1ccc([N+](=O)[O-])cc1. The highest BCUT2D eigenvalue weighted by Crippen LogP contribution is 2.20. The molecule has 1 aromatic carbocycles. The molecule has 0 radical (unpaired) electrons. The van der Waals surface area contributed by atoms with Crippen molar-refractivity contribution in [2.45, 2.75) is 39.5 Å². The zero-order valence-electron chi connectivity index (χ0n) is 14.0. The Hall–Kier alpha value is -1.80. The highest BCUT2D eigenvalue weighted by molar-refractivity contribution is 7.66. The van der Waals surface area contributed by atoms with E-state index in [0.29, 0.717) is 5.69 Å². The van der Waals surface area contributed by atoms with Crippen LogP contribution < -0.4 is 9.57 Å². The van der Waals surface area contributed by atoms with Gasteiger partial charge in [0, 0.05) is 35.8 Å². The molecule has 8 heteroatoms. The Morgan fingerprint density at radius 2 is 1.79 bits per heavy atom. The first-order valence-electron chi connectivity index (χ1n) is 8.15. The summed E-state index contributed by atoms with van der Waals surface area (Å²) in [5.74, 6) is 0.935. The van der Waals surface area contributed by atoms with Crippen LogP contribution in [0.3, 0.4) is 0 Å². The van der Waals surface area contributed by atoms with Gasteiger partial charge in [0.05, 0.1) is 10.6 Å². The highest BCUT2D eigenvalue weighted by Gasteiger charge is 2.12. The number of hydrogen-bond donors (Lipinski definition) is 0. The summed E-state index contributed by atoms with van der Waals surface area (Å²) in [5.41, 5.74) is 0.790. The van der Waals surface area contributed by atoms with Crippen molar-refractivity contribution in [3.8, 4) is 0 Å². The largest absolute Gasteiger partial charge is 0.353 e. The van der Waals surface area contributed by atoms with Crippen LogP contribution >= 0.6 is 20.9 Å². The van der Waals surface area contributed by atoms with Gasteiger partial charge in [0.2, 0.25) is 0 Å². The molecule has 0 saturated heterocycles. The summed E-state index contributed by atoms with van der Waals surface area (Å²) in [6, 6.07) is 6.31. The normalized spacial score (nSPS) is 11.7. The first-order chi connectivity index (χ1) is 11.7. The summed E-state index contributed by atoms with van der Waals surface area (Å²) in [7, 11) is 2.98. The Morgan fingerprint density at radius 3 is 2.33 bits per heavy atom. The van der Waals surface area contributed by atoms with Crippen LogP contribution in [0.2, 0.25) is 0 Å². The summed E-state index contributed by atoms with van der Waals surface area (Å²) in [6.45, 7) is 6.33. The maximum Gasteiger partial charge on any atom is 0.269 e. The number of benzene rings is 1. The van der Waals surface area contributed by atoms with Gasteiger partial charge < -0.3 is 4.90 Å². The molecule has 0 amide bonds. The molecule has 130 valence electrons. The summed E-state index contributed by atoms with van der Waals surface area (Å²) in [4.78, 5) is 17.3. The van der Waals surface area contributed by atoms with Gasteiger partial charge in [-0.1, -0.05) is 26.7 Å². The minimum atomic E-state index is -0.402. The Labute approximate surface area is 149 Å². The first kappa shape index (κ1) is 18.5. The zero-order chi connectivity index (χ0) is 17.4. The molecule has 0 aliphatic rings. The number of non-ortho nitro benzene ring substituents is 1. The number of nitro groups is 1. The molecule has 0 fully saturated rings. The van der Waals surface area contributed by atoms with Crippen LogP contribution in [0.1, 0.15) is 39.5 Å². The van der Waals surface area contributed by atoms with E-state index in [1.807, 2.05) is 0 Å². The van der Waals surface area contributed by atoms with Gasteiger partial charge in [-0.3, -0.25) is 10.1 Å². The number of nitro benzene ring substituents is 1. The minimum Gasteiger partial charge on any atom is -0.353 e. The lowest BCUT2D eigenvalue weighted by molar-refractivity contribution is -0.384. The molecule has 0 aliphatic heterocycles. The second kappa shape index (κ2) is 9.48. The standard InChI is InChI=1S/C16H22N4O2S2/c1-3-5-11-19(12-6-4-2)15-16(23-24-18-15)17-13-7-9-14(10-8-13)20(21)22/h7-10H,3-6,11-12H2,1-2H3. The van der Waals surface area contributed by atoms with E-state index < -0.39 is 4.92 Å². The molecule has 2 aromatic rings. The van der Waals surface area contributed by atoms with Gasteiger partial charge in [-0.15, -0.1) is 0 Å². The predicted octanol–water partition coefficient (Wildman–Crippen LogP) is 4.75. The van der Waals surface area contributed by atoms with Crippen LogP contribution in [-0.2, 0) is 0 Å². The molecular formula is C16H22N4O2S2. The van der Waals surface area contributed by atoms with Crippen LogP contribution in [0.15, 0.2) is 29.3 Å². The van der Waals surface area contributed by atoms with Gasteiger partial charge >= 0.3 is 0 Å². The molecule has 1 aromatic heterocycles. The average molecular weight is 367 g/mol. The number of hydrogen-bond acceptors (Lipinski definition) is 7. The van der Waals surface area contributed by atoms with Gasteiger partial charge in [-0.2, -0.15) is 4.37 Å². The molecule has 0 saturated carbocycles. The van der Waals surface area contributed by atoms with Crippen molar-refractivity contribution in [2.75, 3.05) is 18.0 Å². The maximum atomic E-state index is 10.7. The van der Waals surface area contributed by atoms with Crippen molar-refractivity contribution in [1.29, 1.82) is 0 Å². The summed E-state index contributed by atoms with van der Waals surface area (Å²) in [5, 5.41) is 10.7. The van der Waals surface area contributed by atoms with Crippen LogP contribution in [0.4, 0.5) is 17.2 Å². The average Bonchev–Trinajstić information content (AvgIpc) is 3.03. The lowest BCUT2D eigenvalue weighted by Crippen LogP contribution is -2.29. The van der Waals surface area contributed by atoms with Crippen molar-refractivity contribution in [3.63, 3.8) is 0 Å². The van der Waals surface area contributed by atoms with Crippen LogP contribution in [0.25, 0.3) is 0 Å². The van der Waals surface area contributed by atoms with Crippen LogP contribution in [0.5, 0.6) is 0 Å². The minimum absolute atomic E-state index is 0.0776. The van der Waals surface area contributed by atoms with E-state index in [2.05, 4.69) is 28.1 Å². The summed E-state index contributed by atoms with van der Waals surface area (Å²) >= 11 is 0. The Balaban J connectivity index is 2.27. The second-order valence-electron chi connectivity index (χ2n) is 5.46. The molecule has 0 bridgehead atoms. The topological polar surface area (TPSA) is 71.6 Å². The van der Waals surface area contributed by atoms with Crippen molar-refractivity contribution >= 4 is 38.1 Å². The zero-order valence-corrected chi connectivity index (χ0v) is 15.6. The molecule has 24 heavy (non-hydrogen) atoms. The van der Waals surface area contributed by atoms with Gasteiger partial charge in [0.25, 0.3) is 5.69 Å². The Kier molecular flexibility index (Phi) is 7.33. The molecule has 0 spiro atoms. The first-order valence-corrected chi connectivity index (χ1v) is 10.3. The van der Waals surface area contributed by atoms with Gasteiger partial charge in [-0.25, -0.2) is 4.99 Å². The maximum absolute atomic E-state index is 10.7. The number of rotatable bonds is 9. The Morgan fingerprint density at radius 1 is 1.17 bits per heavy atom. The van der Waals surface area contributed by atoms with Gasteiger partial charge in [-0.05, 0) is 35.3 Å². The van der Waals surface area contributed by atoms with Crippen molar-refractivity contribution in [1.82, 2.24) is 4.37 Å². The molecule has 2 rings (SSSR count). The van der Waals surface area contributed by atoms with E-state index >= 15 is 0 Å². The van der Waals surface area contributed by atoms with Gasteiger partial charge in [0.15, 0.2) is 10.5 Å². The van der Waals surface area contributed by atoms with E-state index in [9.17, 15) is 10.1 Å². The van der Waals surface area contributed by atoms with Gasteiger partial charge in [0.1, 0.15) is 0 Å². The lowest BCUT2D eigenvalue weighted by atomic mass is 10.2. The molecule has 0 atom stereocenters. The molecule has 1 heterocycles. The highest BCUT2D eigenvalue weighted by atomic mass is 32.9. The van der Waals surface area contributed by atoms with Crippen molar-refractivity contribution in [2.24, 2.45) is 4.99 Å². The van der Waals surface area contributed by atoms with E-state index in [0.717, 1.165) is 49.3 Å². The predicted molar refractivity (Wildman–Crippen MR) is 100 cm³/mol. The number of anilines is 1. The Bertz CT molecular complexity index is 701. The molecule has 6 nitrogen and oxygen atoms in total. The third-order valence-corrected chi connectivity index (χ3v) is 5.26. The second-order valence-corrected chi connectivity index (χ2v) is 7.29. The third kappa shape index (κ3) is 5.10. The molecule has 0 unspecified atom stereocenters. The van der Waals surface area contributed by atoms with E-state index in [1.54, 1.807) is 12.1 Å².